The quantitative estimate of drug-likeness (QED) is 0.590. The van der Waals surface area contributed by atoms with Crippen LogP contribution >= 0.6 is 0 Å². The second kappa shape index (κ2) is 8.17. The maximum atomic E-state index is 5.55. The number of oxime groups is 1. The predicted octanol–water partition coefficient (Wildman–Crippen LogP) is 1.24. The van der Waals surface area contributed by atoms with E-state index in [1.54, 1.807) is 14.2 Å². The summed E-state index contributed by atoms with van der Waals surface area (Å²) in [6, 6.07) is 0. The smallest absolute Gasteiger partial charge is 0.144 e. The van der Waals surface area contributed by atoms with Gasteiger partial charge in [-0.05, 0) is 25.5 Å². The topological polar surface area (TPSA) is 61.3 Å². The molecule has 1 saturated heterocycles. The number of methoxy groups -OCH3 is 2. The van der Waals surface area contributed by atoms with E-state index in [1.807, 2.05) is 19.1 Å². The van der Waals surface area contributed by atoms with Crippen molar-refractivity contribution in [3.8, 4) is 0 Å². The van der Waals surface area contributed by atoms with Crippen LogP contribution in [0.5, 0.6) is 0 Å². The molecule has 0 aromatic carbocycles. The van der Waals surface area contributed by atoms with Crippen molar-refractivity contribution < 1.29 is 19.0 Å². The molecule has 0 aromatic rings. The summed E-state index contributed by atoms with van der Waals surface area (Å²) >= 11 is 0. The SMILES string of the molecule is COC1=CCC(OC)C=C1/C(C)=N/OCC1CNCCO1. The maximum Gasteiger partial charge on any atom is 0.144 e. The molecular formula is C15H24N2O4. The molecule has 0 bridgehead atoms. The van der Waals surface area contributed by atoms with E-state index in [0.717, 1.165) is 36.6 Å². The summed E-state index contributed by atoms with van der Waals surface area (Å²) in [6.45, 7) is 4.75. The van der Waals surface area contributed by atoms with Crippen molar-refractivity contribution in [2.75, 3.05) is 40.5 Å². The van der Waals surface area contributed by atoms with E-state index in [4.69, 9.17) is 19.0 Å². The molecule has 6 nitrogen and oxygen atoms in total. The van der Waals surface area contributed by atoms with Crippen molar-refractivity contribution >= 4 is 5.71 Å². The van der Waals surface area contributed by atoms with E-state index in [-0.39, 0.29) is 12.2 Å². The van der Waals surface area contributed by atoms with Crippen molar-refractivity contribution in [3.63, 3.8) is 0 Å². The lowest BCUT2D eigenvalue weighted by Crippen LogP contribution is -2.40. The number of allylic oxidation sites excluding steroid dienone is 1. The lowest BCUT2D eigenvalue weighted by molar-refractivity contribution is -0.0302. The fourth-order valence-corrected chi connectivity index (χ4v) is 2.32. The first-order valence-electron chi connectivity index (χ1n) is 7.23. The molecule has 118 valence electrons. The summed E-state index contributed by atoms with van der Waals surface area (Å²) in [5.41, 5.74) is 1.69. The number of rotatable bonds is 6. The normalized spacial score (nSPS) is 26.9. The molecule has 2 atom stereocenters. The molecule has 1 fully saturated rings. The lowest BCUT2D eigenvalue weighted by Gasteiger charge is -2.23. The zero-order valence-corrected chi connectivity index (χ0v) is 12.9. The van der Waals surface area contributed by atoms with Crippen LogP contribution in [0.25, 0.3) is 0 Å². The highest BCUT2D eigenvalue weighted by Gasteiger charge is 2.19. The van der Waals surface area contributed by atoms with Crippen LogP contribution in [0.1, 0.15) is 13.3 Å². The van der Waals surface area contributed by atoms with Crippen molar-refractivity contribution in [2.24, 2.45) is 5.16 Å². The Labute approximate surface area is 125 Å². The van der Waals surface area contributed by atoms with Gasteiger partial charge in [-0.2, -0.15) is 0 Å². The van der Waals surface area contributed by atoms with Crippen molar-refractivity contribution in [2.45, 2.75) is 25.6 Å². The highest BCUT2D eigenvalue weighted by Crippen LogP contribution is 2.22. The van der Waals surface area contributed by atoms with E-state index in [1.165, 1.54) is 0 Å². The fourth-order valence-electron chi connectivity index (χ4n) is 2.32. The first-order chi connectivity index (χ1) is 10.2. The van der Waals surface area contributed by atoms with Crippen LogP contribution in [0.2, 0.25) is 0 Å². The van der Waals surface area contributed by atoms with E-state index in [9.17, 15) is 0 Å². The Balaban J connectivity index is 1.92. The maximum absolute atomic E-state index is 5.55. The Morgan fingerprint density at radius 1 is 1.48 bits per heavy atom. The molecule has 1 heterocycles. The zero-order chi connectivity index (χ0) is 15.1. The van der Waals surface area contributed by atoms with Crippen LogP contribution in [0.3, 0.4) is 0 Å². The van der Waals surface area contributed by atoms with Gasteiger partial charge >= 0.3 is 0 Å². The highest BCUT2D eigenvalue weighted by molar-refractivity contribution is 6.01. The molecule has 0 saturated carbocycles. The fraction of sp³-hybridized carbons (Fsp3) is 0.667. The molecule has 1 aliphatic carbocycles. The average molecular weight is 296 g/mol. The van der Waals surface area contributed by atoms with Gasteiger partial charge in [0.2, 0.25) is 0 Å². The van der Waals surface area contributed by atoms with Gasteiger partial charge in [-0.3, -0.25) is 0 Å². The molecule has 1 N–H and O–H groups in total. The van der Waals surface area contributed by atoms with Crippen LogP contribution in [0.4, 0.5) is 0 Å². The summed E-state index contributed by atoms with van der Waals surface area (Å²) in [7, 11) is 3.35. The Kier molecular flexibility index (Phi) is 6.22. The standard InChI is InChI=1S/C15H24N2O4/c1-11(17-21-10-13-9-16-6-7-20-13)14-8-12(18-2)4-5-15(14)19-3/h5,8,12-13,16H,4,6-7,9-10H2,1-3H3/b17-11+. The van der Waals surface area contributed by atoms with Crippen LogP contribution in [0.15, 0.2) is 28.6 Å². The molecule has 1 aliphatic heterocycles. The van der Waals surface area contributed by atoms with Crippen molar-refractivity contribution in [1.82, 2.24) is 5.32 Å². The predicted molar refractivity (Wildman–Crippen MR) is 80.3 cm³/mol. The van der Waals surface area contributed by atoms with Gasteiger partial charge in [-0.25, -0.2) is 0 Å². The van der Waals surface area contributed by atoms with Gasteiger partial charge in [0.05, 0.1) is 25.5 Å². The minimum atomic E-state index is 0.0509. The highest BCUT2D eigenvalue weighted by atomic mass is 16.6. The molecule has 2 rings (SSSR count). The Hall–Kier alpha value is -1.37. The second-order valence-electron chi connectivity index (χ2n) is 5.03. The summed E-state index contributed by atoms with van der Waals surface area (Å²) in [5.74, 6) is 0.809. The Morgan fingerprint density at radius 3 is 3.00 bits per heavy atom. The monoisotopic (exact) mass is 296 g/mol. The number of nitrogens with zero attached hydrogens (tertiary/aromatic N) is 1. The minimum absolute atomic E-state index is 0.0509. The van der Waals surface area contributed by atoms with Crippen LogP contribution in [-0.4, -0.2) is 58.4 Å². The van der Waals surface area contributed by atoms with E-state index >= 15 is 0 Å². The second-order valence-corrected chi connectivity index (χ2v) is 5.03. The number of ether oxygens (including phenoxy) is 3. The summed E-state index contributed by atoms with van der Waals surface area (Å²) < 4.78 is 16.3. The molecule has 0 radical (unpaired) electrons. The van der Waals surface area contributed by atoms with Gasteiger partial charge in [0, 0.05) is 25.8 Å². The average Bonchev–Trinajstić information content (AvgIpc) is 2.55. The molecule has 2 aliphatic rings. The van der Waals surface area contributed by atoms with Crippen LogP contribution < -0.4 is 5.32 Å². The first-order valence-corrected chi connectivity index (χ1v) is 7.23. The molecule has 0 amide bonds. The Bertz CT molecular complexity index is 425. The molecule has 2 unspecified atom stereocenters. The van der Waals surface area contributed by atoms with Gasteiger partial charge in [0.1, 0.15) is 18.5 Å². The lowest BCUT2D eigenvalue weighted by atomic mass is 9.99. The first kappa shape index (κ1) is 16.0. The third kappa shape index (κ3) is 4.56. The molecule has 0 spiro atoms. The van der Waals surface area contributed by atoms with E-state index in [2.05, 4.69) is 10.5 Å². The van der Waals surface area contributed by atoms with Crippen molar-refractivity contribution in [3.05, 3.63) is 23.5 Å². The summed E-state index contributed by atoms with van der Waals surface area (Å²) in [5, 5.41) is 7.43. The Morgan fingerprint density at radius 2 is 2.33 bits per heavy atom. The number of hydrogen-bond acceptors (Lipinski definition) is 6. The van der Waals surface area contributed by atoms with Gasteiger partial charge < -0.3 is 24.4 Å². The van der Waals surface area contributed by atoms with E-state index < -0.39 is 0 Å². The van der Waals surface area contributed by atoms with Crippen LogP contribution in [-0.2, 0) is 19.0 Å². The molecule has 0 aromatic heterocycles. The third-order valence-corrected chi connectivity index (χ3v) is 3.53. The third-order valence-electron chi connectivity index (χ3n) is 3.53. The number of hydrogen-bond donors (Lipinski definition) is 1. The van der Waals surface area contributed by atoms with Crippen LogP contribution in [0, 0.1) is 0 Å². The molecule has 21 heavy (non-hydrogen) atoms. The van der Waals surface area contributed by atoms with Gasteiger partial charge in [0.25, 0.3) is 0 Å². The van der Waals surface area contributed by atoms with E-state index in [0.29, 0.717) is 13.2 Å². The zero-order valence-electron chi connectivity index (χ0n) is 12.9. The largest absolute Gasteiger partial charge is 0.496 e. The molecular weight excluding hydrogens is 272 g/mol. The summed E-state index contributed by atoms with van der Waals surface area (Å²) in [4.78, 5) is 5.41. The van der Waals surface area contributed by atoms with Gasteiger partial charge in [-0.1, -0.05) is 5.16 Å². The minimum Gasteiger partial charge on any atom is -0.496 e. The molecule has 6 heteroatoms. The summed E-state index contributed by atoms with van der Waals surface area (Å²) in [6.07, 6.45) is 4.93. The van der Waals surface area contributed by atoms with Gasteiger partial charge in [-0.15, -0.1) is 0 Å². The van der Waals surface area contributed by atoms with Gasteiger partial charge in [0.15, 0.2) is 0 Å². The number of morpholine rings is 1. The van der Waals surface area contributed by atoms with Crippen molar-refractivity contribution in [1.29, 1.82) is 0 Å². The number of nitrogens with one attached hydrogen (secondary N) is 1.